The maximum Gasteiger partial charge on any atom is 0.339 e. The molecule has 1 aromatic rings. The third-order valence-electron chi connectivity index (χ3n) is 2.07. The Morgan fingerprint density at radius 3 is 2.76 bits per heavy atom. The number of nitrogens with two attached hydrogens (primary N) is 1. The van der Waals surface area contributed by atoms with Crippen molar-refractivity contribution in [2.24, 2.45) is 5.92 Å². The third-order valence-corrected chi connectivity index (χ3v) is 3.57. The second-order valence-electron chi connectivity index (χ2n) is 4.18. The first-order valence-electron chi connectivity index (χ1n) is 5.74. The minimum atomic E-state index is -0.300. The highest BCUT2D eigenvalue weighted by Gasteiger charge is 2.13. The van der Waals surface area contributed by atoms with Gasteiger partial charge >= 0.3 is 5.97 Å². The quantitative estimate of drug-likeness (QED) is 0.497. The first-order valence-corrected chi connectivity index (χ1v) is 6.72. The van der Waals surface area contributed by atoms with Crippen molar-refractivity contribution in [3.8, 4) is 0 Å². The number of anilines is 1. The smallest absolute Gasteiger partial charge is 0.339 e. The summed E-state index contributed by atoms with van der Waals surface area (Å²) in [4.78, 5) is 12.7. The fourth-order valence-electron chi connectivity index (χ4n) is 1.30. The molecule has 0 aliphatic rings. The number of hydrogen-bond acceptors (Lipinski definition) is 4. The van der Waals surface area contributed by atoms with Gasteiger partial charge in [-0.1, -0.05) is 13.8 Å². The number of carbonyl (C=O) groups is 1. The van der Waals surface area contributed by atoms with Crippen LogP contribution in [0.5, 0.6) is 0 Å². The van der Waals surface area contributed by atoms with Crippen molar-refractivity contribution < 1.29 is 9.53 Å². The van der Waals surface area contributed by atoms with Crippen LogP contribution >= 0.6 is 11.8 Å². The van der Waals surface area contributed by atoms with Gasteiger partial charge in [-0.25, -0.2) is 4.79 Å². The molecule has 0 aromatic heterocycles. The number of thioether (sulfide) groups is 1. The average molecular weight is 253 g/mol. The Labute approximate surface area is 107 Å². The van der Waals surface area contributed by atoms with Gasteiger partial charge in [0, 0.05) is 16.3 Å². The van der Waals surface area contributed by atoms with Crippen molar-refractivity contribution >= 4 is 23.4 Å². The van der Waals surface area contributed by atoms with Crippen LogP contribution in [-0.4, -0.2) is 18.3 Å². The summed E-state index contributed by atoms with van der Waals surface area (Å²) in [7, 11) is 0. The van der Waals surface area contributed by atoms with E-state index < -0.39 is 0 Å². The van der Waals surface area contributed by atoms with Crippen LogP contribution in [0.4, 0.5) is 5.69 Å². The molecule has 0 atom stereocenters. The monoisotopic (exact) mass is 253 g/mol. The Bertz CT molecular complexity index is 391. The zero-order valence-corrected chi connectivity index (χ0v) is 11.3. The molecule has 4 heteroatoms. The van der Waals surface area contributed by atoms with Crippen LogP contribution in [0.25, 0.3) is 0 Å². The average Bonchev–Trinajstić information content (AvgIpc) is 2.27. The van der Waals surface area contributed by atoms with E-state index in [0.29, 0.717) is 23.8 Å². The molecule has 0 amide bonds. The Morgan fingerprint density at radius 2 is 2.18 bits per heavy atom. The van der Waals surface area contributed by atoms with E-state index in [4.69, 9.17) is 10.5 Å². The number of ether oxygens (including phenoxy) is 1. The second kappa shape index (κ2) is 6.55. The predicted octanol–water partition coefficient (Wildman–Crippen LogP) is 3.19. The number of hydrogen-bond donors (Lipinski definition) is 1. The summed E-state index contributed by atoms with van der Waals surface area (Å²) >= 11 is 1.66. The second-order valence-corrected chi connectivity index (χ2v) is 5.24. The van der Waals surface area contributed by atoms with Gasteiger partial charge in [-0.05, 0) is 31.0 Å². The van der Waals surface area contributed by atoms with Gasteiger partial charge in [-0.2, -0.15) is 0 Å². The molecule has 0 aliphatic carbocycles. The molecule has 0 bridgehead atoms. The SMILES string of the molecule is CCOC(=O)c1cc(N)ccc1SCC(C)C. The molecular formula is C13H19NO2S. The molecule has 94 valence electrons. The van der Waals surface area contributed by atoms with Crippen molar-refractivity contribution in [3.63, 3.8) is 0 Å². The normalized spacial score (nSPS) is 10.6. The van der Waals surface area contributed by atoms with Crippen LogP contribution in [0.2, 0.25) is 0 Å². The fraction of sp³-hybridized carbons (Fsp3) is 0.462. The maximum atomic E-state index is 11.8. The summed E-state index contributed by atoms with van der Waals surface area (Å²) in [6, 6.07) is 5.38. The lowest BCUT2D eigenvalue weighted by molar-refractivity contribution is 0.0522. The molecule has 1 aromatic carbocycles. The largest absolute Gasteiger partial charge is 0.462 e. The first kappa shape index (κ1) is 13.9. The number of nitrogen functional groups attached to an aromatic ring is 1. The van der Waals surface area contributed by atoms with E-state index in [1.165, 1.54) is 0 Å². The molecule has 0 saturated carbocycles. The zero-order valence-electron chi connectivity index (χ0n) is 10.5. The lowest BCUT2D eigenvalue weighted by atomic mass is 10.2. The van der Waals surface area contributed by atoms with Gasteiger partial charge in [-0.15, -0.1) is 11.8 Å². The molecule has 0 heterocycles. The van der Waals surface area contributed by atoms with E-state index in [0.717, 1.165) is 10.6 Å². The summed E-state index contributed by atoms with van der Waals surface area (Å²) in [6.07, 6.45) is 0. The fourth-order valence-corrected chi connectivity index (χ4v) is 2.27. The highest BCUT2D eigenvalue weighted by Crippen LogP contribution is 2.27. The van der Waals surface area contributed by atoms with E-state index in [1.54, 1.807) is 24.8 Å². The molecule has 2 N–H and O–H groups in total. The number of esters is 1. The Kier molecular flexibility index (Phi) is 5.35. The Hall–Kier alpha value is -1.16. The molecule has 3 nitrogen and oxygen atoms in total. The van der Waals surface area contributed by atoms with E-state index >= 15 is 0 Å². The maximum absolute atomic E-state index is 11.8. The summed E-state index contributed by atoms with van der Waals surface area (Å²) in [5.74, 6) is 1.25. The predicted molar refractivity (Wildman–Crippen MR) is 72.4 cm³/mol. The Morgan fingerprint density at radius 1 is 1.47 bits per heavy atom. The van der Waals surface area contributed by atoms with Crippen LogP contribution in [0.15, 0.2) is 23.1 Å². The molecule has 0 spiro atoms. The van der Waals surface area contributed by atoms with Gasteiger partial charge in [-0.3, -0.25) is 0 Å². The van der Waals surface area contributed by atoms with Gasteiger partial charge in [0.15, 0.2) is 0 Å². The lowest BCUT2D eigenvalue weighted by Crippen LogP contribution is -2.07. The van der Waals surface area contributed by atoms with Crippen LogP contribution in [-0.2, 0) is 4.74 Å². The topological polar surface area (TPSA) is 52.3 Å². The molecule has 0 fully saturated rings. The van der Waals surface area contributed by atoms with Gasteiger partial charge in [0.1, 0.15) is 0 Å². The zero-order chi connectivity index (χ0) is 12.8. The summed E-state index contributed by atoms with van der Waals surface area (Å²) in [6.45, 7) is 6.47. The van der Waals surface area contributed by atoms with Crippen LogP contribution < -0.4 is 5.73 Å². The van der Waals surface area contributed by atoms with Gasteiger partial charge in [0.05, 0.1) is 12.2 Å². The first-order chi connectivity index (χ1) is 8.04. The van der Waals surface area contributed by atoms with Crippen molar-refractivity contribution in [1.29, 1.82) is 0 Å². The van der Waals surface area contributed by atoms with Crippen LogP contribution in [0.1, 0.15) is 31.1 Å². The van der Waals surface area contributed by atoms with Crippen molar-refractivity contribution in [1.82, 2.24) is 0 Å². The van der Waals surface area contributed by atoms with E-state index in [9.17, 15) is 4.79 Å². The number of carbonyl (C=O) groups excluding carboxylic acids is 1. The number of rotatable bonds is 5. The van der Waals surface area contributed by atoms with Gasteiger partial charge in [0.25, 0.3) is 0 Å². The lowest BCUT2D eigenvalue weighted by Gasteiger charge is -2.10. The molecule has 0 unspecified atom stereocenters. The highest BCUT2D eigenvalue weighted by atomic mass is 32.2. The summed E-state index contributed by atoms with van der Waals surface area (Å²) in [5, 5.41) is 0. The van der Waals surface area contributed by atoms with Crippen LogP contribution in [0, 0.1) is 5.92 Å². The summed E-state index contributed by atoms with van der Waals surface area (Å²) < 4.78 is 5.02. The molecule has 1 rings (SSSR count). The van der Waals surface area contributed by atoms with E-state index in [-0.39, 0.29) is 5.97 Å². The van der Waals surface area contributed by atoms with E-state index in [2.05, 4.69) is 13.8 Å². The van der Waals surface area contributed by atoms with Crippen molar-refractivity contribution in [3.05, 3.63) is 23.8 Å². The van der Waals surface area contributed by atoms with Gasteiger partial charge in [0.2, 0.25) is 0 Å². The Balaban J connectivity index is 2.91. The minimum Gasteiger partial charge on any atom is -0.462 e. The highest BCUT2D eigenvalue weighted by molar-refractivity contribution is 7.99. The molecule has 0 saturated heterocycles. The van der Waals surface area contributed by atoms with Crippen LogP contribution in [0.3, 0.4) is 0 Å². The van der Waals surface area contributed by atoms with E-state index in [1.807, 2.05) is 12.1 Å². The standard InChI is InChI=1S/C13H19NO2S/c1-4-16-13(15)11-7-10(14)5-6-12(11)17-8-9(2)3/h5-7,9H,4,8,14H2,1-3H3. The minimum absolute atomic E-state index is 0.300. The van der Waals surface area contributed by atoms with Crippen molar-refractivity contribution in [2.75, 3.05) is 18.1 Å². The van der Waals surface area contributed by atoms with Crippen molar-refractivity contribution in [2.45, 2.75) is 25.7 Å². The number of benzene rings is 1. The third kappa shape index (κ3) is 4.30. The molecule has 17 heavy (non-hydrogen) atoms. The molecule has 0 radical (unpaired) electrons. The molecule has 0 aliphatic heterocycles. The van der Waals surface area contributed by atoms with Gasteiger partial charge < -0.3 is 10.5 Å². The molecular weight excluding hydrogens is 234 g/mol. The summed E-state index contributed by atoms with van der Waals surface area (Å²) in [5.41, 5.74) is 6.85.